The monoisotopic (exact) mass is 410 g/mol. The highest BCUT2D eigenvalue weighted by atomic mass is 32.1. The number of benzene rings is 2. The highest BCUT2D eigenvalue weighted by Gasteiger charge is 2.26. The van der Waals surface area contributed by atoms with Crippen LogP contribution < -0.4 is 0 Å². The van der Waals surface area contributed by atoms with E-state index >= 15 is 0 Å². The molecule has 1 fully saturated rings. The van der Waals surface area contributed by atoms with Gasteiger partial charge in [0.1, 0.15) is 5.82 Å². The number of piperidine rings is 1. The van der Waals surface area contributed by atoms with Gasteiger partial charge in [0.15, 0.2) is 16.4 Å². The Hall–Kier alpha value is -2.64. The molecule has 2 heterocycles. The van der Waals surface area contributed by atoms with E-state index in [1.165, 1.54) is 6.07 Å². The molecule has 7 heteroatoms. The fourth-order valence-corrected chi connectivity index (χ4v) is 4.01. The highest BCUT2D eigenvalue weighted by Crippen LogP contribution is 2.24. The summed E-state index contributed by atoms with van der Waals surface area (Å²) >= 11 is 5.51. The zero-order valence-electron chi connectivity index (χ0n) is 16.3. The molecule has 1 aliphatic rings. The molecule has 0 radical (unpaired) electrons. The van der Waals surface area contributed by atoms with Crippen LogP contribution in [0.4, 0.5) is 4.39 Å². The Kier molecular flexibility index (Phi) is 5.69. The van der Waals surface area contributed by atoms with Gasteiger partial charge in [-0.1, -0.05) is 42.5 Å². The van der Waals surface area contributed by atoms with E-state index in [-0.39, 0.29) is 17.5 Å². The van der Waals surface area contributed by atoms with Crippen molar-refractivity contribution in [2.45, 2.75) is 19.5 Å². The van der Waals surface area contributed by atoms with Gasteiger partial charge in [-0.05, 0) is 37.2 Å². The van der Waals surface area contributed by atoms with E-state index in [4.69, 9.17) is 12.2 Å². The van der Waals surface area contributed by atoms with Crippen LogP contribution in [0, 0.1) is 16.5 Å². The standard InChI is InChI=1S/C22H23FN4OS/c1-25-21(18-9-5-6-10-19(18)23)24-27(22(25)29)15-26-13-11-17(12-14-26)20(28)16-7-3-2-4-8-16/h2-10,17H,11-15H2,1H3. The number of nitrogens with zero attached hydrogens (tertiary/aromatic N) is 4. The number of likely N-dealkylation sites (tertiary alicyclic amines) is 1. The molecule has 0 aliphatic carbocycles. The molecule has 0 N–H and O–H groups in total. The molecule has 0 unspecified atom stereocenters. The number of halogens is 1. The Morgan fingerprint density at radius 3 is 2.45 bits per heavy atom. The average Bonchev–Trinajstić information content (AvgIpc) is 3.03. The summed E-state index contributed by atoms with van der Waals surface area (Å²) in [6, 6.07) is 16.1. The van der Waals surface area contributed by atoms with Crippen molar-refractivity contribution in [2.24, 2.45) is 13.0 Å². The molecule has 2 aromatic carbocycles. The molecule has 1 saturated heterocycles. The minimum Gasteiger partial charge on any atom is -0.303 e. The molecule has 3 aromatic rings. The lowest BCUT2D eigenvalue weighted by atomic mass is 9.89. The first-order valence-electron chi connectivity index (χ1n) is 9.75. The molecule has 0 spiro atoms. The zero-order chi connectivity index (χ0) is 20.4. The van der Waals surface area contributed by atoms with Crippen molar-refractivity contribution in [3.63, 3.8) is 0 Å². The predicted molar refractivity (Wildman–Crippen MR) is 112 cm³/mol. The van der Waals surface area contributed by atoms with Gasteiger partial charge in [-0.25, -0.2) is 9.07 Å². The number of hydrogen-bond donors (Lipinski definition) is 0. The van der Waals surface area contributed by atoms with Crippen LogP contribution in [0.5, 0.6) is 0 Å². The van der Waals surface area contributed by atoms with Crippen LogP contribution in [0.1, 0.15) is 23.2 Å². The highest BCUT2D eigenvalue weighted by molar-refractivity contribution is 7.71. The molecule has 0 bridgehead atoms. The molecule has 5 nitrogen and oxygen atoms in total. The van der Waals surface area contributed by atoms with Crippen LogP contribution in [-0.4, -0.2) is 38.1 Å². The minimum atomic E-state index is -0.317. The van der Waals surface area contributed by atoms with E-state index in [1.54, 1.807) is 34.5 Å². The SMILES string of the molecule is Cn1c(-c2ccccc2F)nn(CN2CCC(C(=O)c3ccccc3)CC2)c1=S. The summed E-state index contributed by atoms with van der Waals surface area (Å²) in [7, 11) is 1.80. The largest absolute Gasteiger partial charge is 0.303 e. The van der Waals surface area contributed by atoms with E-state index < -0.39 is 0 Å². The van der Waals surface area contributed by atoms with Crippen molar-refractivity contribution >= 4 is 18.0 Å². The van der Waals surface area contributed by atoms with Crippen LogP contribution in [0.2, 0.25) is 0 Å². The fourth-order valence-electron chi connectivity index (χ4n) is 3.82. The molecule has 150 valence electrons. The second-order valence-electron chi connectivity index (χ2n) is 7.41. The average molecular weight is 411 g/mol. The zero-order valence-corrected chi connectivity index (χ0v) is 17.1. The third-order valence-electron chi connectivity index (χ3n) is 5.51. The molecule has 0 atom stereocenters. The lowest BCUT2D eigenvalue weighted by Crippen LogP contribution is -2.37. The van der Waals surface area contributed by atoms with Gasteiger partial charge in [0.2, 0.25) is 0 Å². The number of carbonyl (C=O) groups is 1. The fraction of sp³-hybridized carbons (Fsp3) is 0.318. The minimum absolute atomic E-state index is 0.0549. The van der Waals surface area contributed by atoms with Crippen LogP contribution in [0.25, 0.3) is 11.4 Å². The quantitative estimate of drug-likeness (QED) is 0.464. The third kappa shape index (κ3) is 4.06. The normalized spacial score (nSPS) is 15.5. The maximum Gasteiger partial charge on any atom is 0.199 e. The van der Waals surface area contributed by atoms with Gasteiger partial charge < -0.3 is 4.57 Å². The third-order valence-corrected chi connectivity index (χ3v) is 5.99. The summed E-state index contributed by atoms with van der Waals surface area (Å²) in [6.45, 7) is 2.14. The molecule has 0 amide bonds. The molecular formula is C22H23FN4OS. The Morgan fingerprint density at radius 1 is 1.10 bits per heavy atom. The van der Waals surface area contributed by atoms with Crippen molar-refractivity contribution in [1.82, 2.24) is 19.2 Å². The van der Waals surface area contributed by atoms with Gasteiger partial charge in [-0.2, -0.15) is 5.10 Å². The van der Waals surface area contributed by atoms with Crippen molar-refractivity contribution in [2.75, 3.05) is 13.1 Å². The van der Waals surface area contributed by atoms with Gasteiger partial charge in [0.25, 0.3) is 0 Å². The number of rotatable bonds is 5. The number of aromatic nitrogens is 3. The topological polar surface area (TPSA) is 43.1 Å². The van der Waals surface area contributed by atoms with E-state index in [0.29, 0.717) is 22.8 Å². The van der Waals surface area contributed by atoms with Gasteiger partial charge in [0, 0.05) is 31.6 Å². The van der Waals surface area contributed by atoms with E-state index in [1.807, 2.05) is 30.3 Å². The summed E-state index contributed by atoms with van der Waals surface area (Å²) in [4.78, 5) is 14.9. The molecule has 1 aliphatic heterocycles. The molecule has 29 heavy (non-hydrogen) atoms. The first kappa shape index (κ1) is 19.7. The van der Waals surface area contributed by atoms with Gasteiger partial charge in [-0.3, -0.25) is 9.69 Å². The van der Waals surface area contributed by atoms with E-state index in [0.717, 1.165) is 31.5 Å². The van der Waals surface area contributed by atoms with Gasteiger partial charge >= 0.3 is 0 Å². The Bertz CT molecular complexity index is 1070. The number of ketones is 1. The summed E-state index contributed by atoms with van der Waals surface area (Å²) in [5.41, 5.74) is 1.22. The lowest BCUT2D eigenvalue weighted by molar-refractivity contribution is 0.0803. The smallest absolute Gasteiger partial charge is 0.199 e. The summed E-state index contributed by atoms with van der Waals surface area (Å²) in [6.07, 6.45) is 1.63. The first-order valence-corrected chi connectivity index (χ1v) is 10.2. The number of carbonyl (C=O) groups excluding carboxylic acids is 1. The second kappa shape index (κ2) is 8.39. The van der Waals surface area contributed by atoms with Gasteiger partial charge in [-0.15, -0.1) is 0 Å². The molecular weight excluding hydrogens is 387 g/mol. The maximum atomic E-state index is 14.2. The van der Waals surface area contributed by atoms with Crippen molar-refractivity contribution in [3.05, 3.63) is 70.7 Å². The van der Waals surface area contributed by atoms with Crippen molar-refractivity contribution < 1.29 is 9.18 Å². The van der Waals surface area contributed by atoms with Gasteiger partial charge in [0.05, 0.1) is 12.2 Å². The molecule has 1 aromatic heterocycles. The Morgan fingerprint density at radius 2 is 1.76 bits per heavy atom. The number of hydrogen-bond acceptors (Lipinski definition) is 4. The molecule has 0 saturated carbocycles. The lowest BCUT2D eigenvalue weighted by Gasteiger charge is -2.30. The Balaban J connectivity index is 1.44. The van der Waals surface area contributed by atoms with E-state index in [9.17, 15) is 9.18 Å². The summed E-state index contributed by atoms with van der Waals surface area (Å²) < 4.78 is 18.2. The molecule has 4 rings (SSSR count). The Labute approximate surface area is 174 Å². The van der Waals surface area contributed by atoms with Crippen LogP contribution in [0.15, 0.2) is 54.6 Å². The first-order chi connectivity index (χ1) is 14.0. The van der Waals surface area contributed by atoms with E-state index in [2.05, 4.69) is 10.00 Å². The van der Waals surface area contributed by atoms with Crippen molar-refractivity contribution in [1.29, 1.82) is 0 Å². The van der Waals surface area contributed by atoms with Crippen LogP contribution >= 0.6 is 12.2 Å². The second-order valence-corrected chi connectivity index (χ2v) is 7.77. The number of Topliss-reactive ketones (excluding diaryl/α,β-unsaturated/α-hetero) is 1. The summed E-state index contributed by atoms with van der Waals surface area (Å²) in [5, 5.41) is 4.56. The van der Waals surface area contributed by atoms with Crippen LogP contribution in [-0.2, 0) is 13.7 Å². The predicted octanol–water partition coefficient (Wildman–Crippen LogP) is 4.31. The maximum absolute atomic E-state index is 14.2. The van der Waals surface area contributed by atoms with Crippen molar-refractivity contribution in [3.8, 4) is 11.4 Å². The summed E-state index contributed by atoms with van der Waals surface area (Å²) in [5.74, 6) is 0.478. The van der Waals surface area contributed by atoms with Crippen LogP contribution in [0.3, 0.4) is 0 Å².